The third kappa shape index (κ3) is 13.1. The predicted octanol–water partition coefficient (Wildman–Crippen LogP) is 1.99. The molecule has 0 saturated carbocycles. The molecule has 3 aromatic carbocycles. The molecule has 6 N–H and O–H groups in total. The monoisotopic (exact) mass is 717 g/mol. The number of carbonyl (C=O) groups is 4. The first-order valence-corrected chi connectivity index (χ1v) is 17.7. The highest BCUT2D eigenvalue weighted by Crippen LogP contribution is 2.15. The summed E-state index contributed by atoms with van der Waals surface area (Å²) in [6, 6.07) is 19.2. The number of carbonyl (C=O) groups excluding carboxylic acids is 4. The van der Waals surface area contributed by atoms with Crippen molar-refractivity contribution in [2.24, 2.45) is 0 Å². The minimum absolute atomic E-state index is 0.0533. The molecule has 52 heavy (non-hydrogen) atoms. The van der Waals surface area contributed by atoms with Gasteiger partial charge >= 0.3 is 0 Å². The van der Waals surface area contributed by atoms with E-state index in [1.165, 1.54) is 0 Å². The summed E-state index contributed by atoms with van der Waals surface area (Å²) in [5.74, 6) is -1.56. The van der Waals surface area contributed by atoms with Gasteiger partial charge < -0.3 is 30.5 Å². The van der Waals surface area contributed by atoms with E-state index in [2.05, 4.69) is 16.0 Å². The summed E-state index contributed by atoms with van der Waals surface area (Å²) in [5, 5.41) is 27.4. The van der Waals surface area contributed by atoms with Crippen molar-refractivity contribution in [3.8, 4) is 5.75 Å². The molecule has 1 fully saturated rings. The van der Waals surface area contributed by atoms with E-state index in [4.69, 9.17) is 9.47 Å². The largest absolute Gasteiger partial charge is 0.497 e. The third-order valence-corrected chi connectivity index (χ3v) is 9.10. The van der Waals surface area contributed by atoms with Crippen LogP contribution in [-0.4, -0.2) is 96.9 Å². The van der Waals surface area contributed by atoms with Gasteiger partial charge in [-0.15, -0.1) is 0 Å². The number of nitrogens with one attached hydrogen (secondary N) is 4. The molecular weight excluding hydrogens is 666 g/mol. The first-order chi connectivity index (χ1) is 25.2. The summed E-state index contributed by atoms with van der Waals surface area (Å²) in [5.41, 5.74) is 6.17. The molecule has 4 amide bonds. The van der Waals surface area contributed by atoms with Crippen LogP contribution in [0.2, 0.25) is 0 Å². The van der Waals surface area contributed by atoms with Crippen molar-refractivity contribution in [3.63, 3.8) is 0 Å². The maximum absolute atomic E-state index is 14.0. The first kappa shape index (κ1) is 40.0. The van der Waals surface area contributed by atoms with Gasteiger partial charge in [-0.05, 0) is 73.4 Å². The topological polar surface area (TPSA) is 179 Å². The number of aryl methyl sites for hydroxylation is 3. The first-order valence-electron chi connectivity index (χ1n) is 17.7. The molecule has 13 heteroatoms. The Bertz CT molecular complexity index is 1580. The number of aliphatic hydroxyl groups is 1. The fourth-order valence-corrected chi connectivity index (χ4v) is 5.96. The number of hydrogen-bond acceptors (Lipinski definition) is 9. The normalized spacial score (nSPS) is 14.8. The molecule has 1 aliphatic rings. The Balaban J connectivity index is 1.51. The Kier molecular flexibility index (Phi) is 16.0. The third-order valence-electron chi connectivity index (χ3n) is 9.10. The quantitative estimate of drug-likeness (QED) is 0.0800. The second kappa shape index (κ2) is 20.9. The van der Waals surface area contributed by atoms with Gasteiger partial charge in [-0.3, -0.25) is 29.3 Å². The van der Waals surface area contributed by atoms with Gasteiger partial charge in [0.25, 0.3) is 5.91 Å². The van der Waals surface area contributed by atoms with Crippen LogP contribution in [0.5, 0.6) is 5.75 Å². The summed E-state index contributed by atoms with van der Waals surface area (Å²) in [6.45, 7) is 4.25. The zero-order valence-corrected chi connectivity index (χ0v) is 29.9. The van der Waals surface area contributed by atoms with E-state index in [-0.39, 0.29) is 31.9 Å². The van der Waals surface area contributed by atoms with Crippen LogP contribution in [0.3, 0.4) is 0 Å². The number of rotatable bonds is 19. The smallest absolute Gasteiger partial charge is 0.266 e. The second-order valence-corrected chi connectivity index (χ2v) is 13.1. The van der Waals surface area contributed by atoms with Crippen LogP contribution in [0.15, 0.2) is 72.8 Å². The lowest BCUT2D eigenvalue weighted by atomic mass is 10.0. The van der Waals surface area contributed by atoms with Crippen LogP contribution in [0, 0.1) is 6.92 Å². The maximum atomic E-state index is 14.0. The summed E-state index contributed by atoms with van der Waals surface area (Å²) in [4.78, 5) is 55.8. The number of nitrogens with zero attached hydrogens (tertiary/aromatic N) is 1. The van der Waals surface area contributed by atoms with E-state index >= 15 is 0 Å². The van der Waals surface area contributed by atoms with Crippen LogP contribution >= 0.6 is 0 Å². The number of aliphatic hydroxyl groups excluding tert-OH is 1. The van der Waals surface area contributed by atoms with E-state index in [0.29, 0.717) is 57.7 Å². The van der Waals surface area contributed by atoms with Crippen LogP contribution in [0.1, 0.15) is 47.1 Å². The highest BCUT2D eigenvalue weighted by atomic mass is 16.5. The number of morpholine rings is 1. The Labute approximate surface area is 305 Å². The van der Waals surface area contributed by atoms with Crippen molar-refractivity contribution in [3.05, 3.63) is 101 Å². The summed E-state index contributed by atoms with van der Waals surface area (Å²) < 4.78 is 10.7. The van der Waals surface area contributed by atoms with Gasteiger partial charge in [0, 0.05) is 19.5 Å². The average Bonchev–Trinajstić information content (AvgIpc) is 3.17. The van der Waals surface area contributed by atoms with Crippen molar-refractivity contribution in [1.29, 1.82) is 0 Å². The molecule has 3 atom stereocenters. The lowest BCUT2D eigenvalue weighted by Crippen LogP contribution is -2.57. The molecule has 0 unspecified atom stereocenters. The highest BCUT2D eigenvalue weighted by Gasteiger charge is 2.30. The number of amides is 4. The molecule has 3 aromatic rings. The Morgan fingerprint density at radius 2 is 1.29 bits per heavy atom. The summed E-state index contributed by atoms with van der Waals surface area (Å²) >= 11 is 0. The standard InChI is InChI=1S/C39H51N5O8/c1-27-6-8-30(9-7-27)24-35(39(49)43-50)42-38(48)34(19-16-29-14-17-32(51-2)18-15-29)41-37(47)33(40-36(46)25-44-20-22-52-23-21-44)5-3-4-28-10-12-31(26-45)13-11-28/h6-15,17-18,33-35,45,50H,3-5,16,19-26H2,1-2H3,(H,40,46)(H,41,47)(H,42,48)(H,43,49)/t33-,34+,35+/m0/s1. The van der Waals surface area contributed by atoms with Crippen molar-refractivity contribution in [1.82, 2.24) is 26.3 Å². The Morgan fingerprint density at radius 1 is 0.731 bits per heavy atom. The SMILES string of the molecule is COc1ccc(CC[C@@H](NC(=O)[C@H](CCCc2ccc(CO)cc2)NC(=O)CN2CCOCC2)C(=O)N[C@H](Cc2ccc(C)cc2)C(=O)NO)cc1. The number of hydroxylamine groups is 1. The highest BCUT2D eigenvalue weighted by molar-refractivity contribution is 5.94. The van der Waals surface area contributed by atoms with E-state index in [0.717, 1.165) is 27.8 Å². The molecule has 1 saturated heterocycles. The van der Waals surface area contributed by atoms with E-state index in [9.17, 15) is 29.5 Å². The van der Waals surface area contributed by atoms with Crippen molar-refractivity contribution >= 4 is 23.6 Å². The zero-order valence-electron chi connectivity index (χ0n) is 29.9. The van der Waals surface area contributed by atoms with Gasteiger partial charge in [0.05, 0.1) is 33.5 Å². The van der Waals surface area contributed by atoms with Crippen molar-refractivity contribution < 1.29 is 39.0 Å². The van der Waals surface area contributed by atoms with Crippen LogP contribution in [-0.2, 0) is 49.8 Å². The molecule has 4 rings (SSSR count). The number of benzene rings is 3. The fraction of sp³-hybridized carbons (Fsp3) is 0.436. The molecule has 0 radical (unpaired) electrons. The van der Waals surface area contributed by atoms with Crippen molar-refractivity contribution in [2.75, 3.05) is 40.0 Å². The Hall–Kier alpha value is -4.82. The van der Waals surface area contributed by atoms with Gasteiger partial charge in [0.1, 0.15) is 23.9 Å². The maximum Gasteiger partial charge on any atom is 0.266 e. The molecule has 1 heterocycles. The molecule has 0 spiro atoms. The lowest BCUT2D eigenvalue weighted by Gasteiger charge is -2.28. The molecular formula is C39H51N5O8. The summed E-state index contributed by atoms with van der Waals surface area (Å²) in [6.07, 6.45) is 2.21. The minimum atomic E-state index is -1.12. The van der Waals surface area contributed by atoms with Gasteiger partial charge in [-0.2, -0.15) is 0 Å². The zero-order chi connectivity index (χ0) is 37.3. The minimum Gasteiger partial charge on any atom is -0.497 e. The predicted molar refractivity (Wildman–Crippen MR) is 194 cm³/mol. The molecule has 0 bridgehead atoms. The summed E-state index contributed by atoms with van der Waals surface area (Å²) in [7, 11) is 1.57. The van der Waals surface area contributed by atoms with Crippen LogP contribution < -0.4 is 26.2 Å². The number of methoxy groups -OCH3 is 1. The van der Waals surface area contributed by atoms with Crippen molar-refractivity contribution in [2.45, 2.75) is 70.2 Å². The van der Waals surface area contributed by atoms with Crippen LogP contribution in [0.25, 0.3) is 0 Å². The van der Waals surface area contributed by atoms with E-state index in [1.807, 2.05) is 84.6 Å². The molecule has 0 aliphatic carbocycles. The molecule has 1 aliphatic heterocycles. The second-order valence-electron chi connectivity index (χ2n) is 13.1. The molecule has 0 aromatic heterocycles. The molecule has 13 nitrogen and oxygen atoms in total. The van der Waals surface area contributed by atoms with Gasteiger partial charge in [-0.25, -0.2) is 5.48 Å². The Morgan fingerprint density at radius 3 is 1.90 bits per heavy atom. The van der Waals surface area contributed by atoms with Crippen LogP contribution in [0.4, 0.5) is 0 Å². The van der Waals surface area contributed by atoms with Gasteiger partial charge in [0.15, 0.2) is 0 Å². The van der Waals surface area contributed by atoms with E-state index < -0.39 is 35.8 Å². The average molecular weight is 718 g/mol. The fourth-order valence-electron chi connectivity index (χ4n) is 5.96. The van der Waals surface area contributed by atoms with E-state index in [1.54, 1.807) is 12.6 Å². The van der Waals surface area contributed by atoms with Gasteiger partial charge in [-0.1, -0.05) is 66.2 Å². The lowest BCUT2D eigenvalue weighted by molar-refractivity contribution is -0.136. The molecule has 280 valence electrons. The number of hydrogen-bond donors (Lipinski definition) is 6. The van der Waals surface area contributed by atoms with Gasteiger partial charge in [0.2, 0.25) is 17.7 Å². The number of ether oxygens (including phenoxy) is 2.